The molecule has 3 nitrogen and oxygen atoms in total. The lowest BCUT2D eigenvalue weighted by atomic mass is 10.2. The van der Waals surface area contributed by atoms with Crippen LogP contribution in [0.15, 0.2) is 6.20 Å². The summed E-state index contributed by atoms with van der Waals surface area (Å²) in [6.07, 6.45) is 3.29. The van der Waals surface area contributed by atoms with E-state index in [1.54, 1.807) is 11.3 Å². The van der Waals surface area contributed by atoms with E-state index in [2.05, 4.69) is 29.2 Å². The lowest BCUT2D eigenvalue weighted by Crippen LogP contribution is -2.30. The number of anilines is 1. The first-order chi connectivity index (χ1) is 7.72. The predicted octanol–water partition coefficient (Wildman–Crippen LogP) is 2.37. The van der Waals surface area contributed by atoms with E-state index >= 15 is 0 Å². The van der Waals surface area contributed by atoms with Crippen LogP contribution in [-0.4, -0.2) is 36.6 Å². The third-order valence-electron chi connectivity index (χ3n) is 3.13. The summed E-state index contributed by atoms with van der Waals surface area (Å²) in [6, 6.07) is 1.08. The molecule has 2 unspecified atom stereocenters. The number of nitrogens with one attached hydrogen (secondary N) is 1. The minimum absolute atomic E-state index is 0.401. The lowest BCUT2D eigenvalue weighted by Gasteiger charge is -2.22. The van der Waals surface area contributed by atoms with Crippen molar-refractivity contribution in [3.63, 3.8) is 0 Å². The van der Waals surface area contributed by atoms with E-state index in [0.717, 1.165) is 5.13 Å². The van der Waals surface area contributed by atoms with Gasteiger partial charge in [-0.2, -0.15) is 11.8 Å². The van der Waals surface area contributed by atoms with Gasteiger partial charge in [0.2, 0.25) is 0 Å². The fraction of sp³-hybridized carbons (Fsp3) is 0.727. The molecular weight excluding hydrogens is 238 g/mol. The highest BCUT2D eigenvalue weighted by Gasteiger charge is 2.22. The molecule has 0 saturated carbocycles. The minimum atomic E-state index is 0.401. The first kappa shape index (κ1) is 12.2. The number of nitrogens with zero attached hydrogens (tertiary/aromatic N) is 2. The second kappa shape index (κ2) is 5.38. The average Bonchev–Trinajstić information content (AvgIpc) is 2.97. The van der Waals surface area contributed by atoms with Crippen LogP contribution in [0, 0.1) is 0 Å². The molecule has 0 amide bonds. The quantitative estimate of drug-likeness (QED) is 0.896. The van der Waals surface area contributed by atoms with Gasteiger partial charge in [0.05, 0.1) is 0 Å². The molecule has 16 heavy (non-hydrogen) atoms. The molecule has 2 atom stereocenters. The van der Waals surface area contributed by atoms with E-state index in [4.69, 9.17) is 0 Å². The van der Waals surface area contributed by atoms with E-state index in [0.29, 0.717) is 12.1 Å². The van der Waals surface area contributed by atoms with Gasteiger partial charge in [0.1, 0.15) is 0 Å². The summed E-state index contributed by atoms with van der Waals surface area (Å²) >= 11 is 3.85. The maximum Gasteiger partial charge on any atom is 0.185 e. The lowest BCUT2D eigenvalue weighted by molar-refractivity contribution is 0.662. The monoisotopic (exact) mass is 257 g/mol. The summed E-state index contributed by atoms with van der Waals surface area (Å²) in [5.41, 5.74) is 0. The molecule has 1 aromatic rings. The molecule has 0 aliphatic carbocycles. The summed E-state index contributed by atoms with van der Waals surface area (Å²) in [5.74, 6) is 2.53. The largest absolute Gasteiger partial charge is 0.347 e. The molecule has 0 aromatic carbocycles. The molecule has 0 radical (unpaired) electrons. The van der Waals surface area contributed by atoms with Gasteiger partial charge in [0.25, 0.3) is 0 Å². The zero-order valence-electron chi connectivity index (χ0n) is 10.1. The Kier molecular flexibility index (Phi) is 4.10. The first-order valence-electron chi connectivity index (χ1n) is 5.66. The maximum atomic E-state index is 4.52. The van der Waals surface area contributed by atoms with Gasteiger partial charge in [0.15, 0.2) is 5.13 Å². The molecule has 2 heterocycles. The summed E-state index contributed by atoms with van der Waals surface area (Å²) in [7, 11) is 4.16. The highest BCUT2D eigenvalue weighted by molar-refractivity contribution is 7.99. The molecule has 5 heteroatoms. The Morgan fingerprint density at radius 1 is 1.62 bits per heavy atom. The Morgan fingerprint density at radius 2 is 2.44 bits per heavy atom. The molecular formula is C11H19N3S2. The number of hydrogen-bond acceptors (Lipinski definition) is 5. The highest BCUT2D eigenvalue weighted by Crippen LogP contribution is 2.30. The topological polar surface area (TPSA) is 28.2 Å². The van der Waals surface area contributed by atoms with Crippen LogP contribution in [0.4, 0.5) is 5.13 Å². The predicted molar refractivity (Wildman–Crippen MR) is 73.7 cm³/mol. The molecule has 90 valence electrons. The fourth-order valence-electron chi connectivity index (χ4n) is 1.77. The molecule has 1 aromatic heterocycles. The van der Waals surface area contributed by atoms with Crippen LogP contribution in [0.5, 0.6) is 0 Å². The van der Waals surface area contributed by atoms with Crippen LogP contribution in [0.3, 0.4) is 0 Å². The van der Waals surface area contributed by atoms with Gasteiger partial charge in [-0.05, 0) is 26.1 Å². The van der Waals surface area contributed by atoms with E-state index in [1.807, 2.05) is 25.0 Å². The van der Waals surface area contributed by atoms with Crippen molar-refractivity contribution < 1.29 is 0 Å². The van der Waals surface area contributed by atoms with Gasteiger partial charge < -0.3 is 10.2 Å². The average molecular weight is 257 g/mol. The minimum Gasteiger partial charge on any atom is -0.347 e. The Labute approximate surface area is 106 Å². The summed E-state index contributed by atoms with van der Waals surface area (Å²) in [5, 5.41) is 4.41. The van der Waals surface area contributed by atoms with Crippen molar-refractivity contribution in [2.45, 2.75) is 25.4 Å². The van der Waals surface area contributed by atoms with Crippen molar-refractivity contribution >= 4 is 28.2 Å². The van der Waals surface area contributed by atoms with Crippen LogP contribution in [0.2, 0.25) is 0 Å². The van der Waals surface area contributed by atoms with Crippen LogP contribution in [0.1, 0.15) is 24.3 Å². The van der Waals surface area contributed by atoms with Crippen LogP contribution in [0.25, 0.3) is 0 Å². The van der Waals surface area contributed by atoms with Crippen molar-refractivity contribution in [3.8, 4) is 0 Å². The van der Waals surface area contributed by atoms with Gasteiger partial charge >= 0.3 is 0 Å². The number of rotatable bonds is 4. The van der Waals surface area contributed by atoms with Gasteiger partial charge in [0, 0.05) is 36.0 Å². The number of aromatic nitrogens is 1. The molecule has 1 saturated heterocycles. The Bertz CT molecular complexity index is 334. The molecule has 2 rings (SSSR count). The summed E-state index contributed by atoms with van der Waals surface area (Å²) < 4.78 is 0. The van der Waals surface area contributed by atoms with Crippen molar-refractivity contribution in [3.05, 3.63) is 11.1 Å². The molecule has 0 spiro atoms. The highest BCUT2D eigenvalue weighted by atomic mass is 32.2. The second-order valence-electron chi connectivity index (χ2n) is 4.18. The molecule has 1 N–H and O–H groups in total. The third-order valence-corrected chi connectivity index (χ3v) is 5.54. The van der Waals surface area contributed by atoms with E-state index in [1.165, 1.54) is 22.8 Å². The van der Waals surface area contributed by atoms with Crippen molar-refractivity contribution in [1.82, 2.24) is 10.3 Å². The van der Waals surface area contributed by atoms with E-state index in [-0.39, 0.29) is 0 Å². The van der Waals surface area contributed by atoms with Crippen molar-refractivity contribution in [1.29, 1.82) is 0 Å². The van der Waals surface area contributed by atoms with Gasteiger partial charge in [-0.25, -0.2) is 4.98 Å². The maximum absolute atomic E-state index is 4.52. The van der Waals surface area contributed by atoms with E-state index < -0.39 is 0 Å². The molecule has 1 aliphatic rings. The van der Waals surface area contributed by atoms with E-state index in [9.17, 15) is 0 Å². The third kappa shape index (κ3) is 2.52. The second-order valence-corrected chi connectivity index (χ2v) is 6.37. The normalized spacial score (nSPS) is 22.3. The van der Waals surface area contributed by atoms with Crippen LogP contribution in [-0.2, 0) is 0 Å². The standard InChI is InChI=1S/C11H19N3S2/c1-8(12-2)10-6-13-11(16-10)14(3)9-4-5-15-7-9/h6,8-9,12H,4-5,7H2,1-3H3. The summed E-state index contributed by atoms with van der Waals surface area (Å²) in [6.45, 7) is 2.17. The Hall–Kier alpha value is -0.260. The van der Waals surface area contributed by atoms with Crippen LogP contribution >= 0.6 is 23.1 Å². The smallest absolute Gasteiger partial charge is 0.185 e. The molecule has 1 fully saturated rings. The fourth-order valence-corrected chi connectivity index (χ4v) is 4.04. The zero-order valence-corrected chi connectivity index (χ0v) is 11.7. The number of thioether (sulfide) groups is 1. The first-order valence-corrected chi connectivity index (χ1v) is 7.63. The van der Waals surface area contributed by atoms with Crippen molar-refractivity contribution in [2.75, 3.05) is 30.5 Å². The Balaban J connectivity index is 2.05. The van der Waals surface area contributed by atoms with Gasteiger partial charge in [-0.1, -0.05) is 0 Å². The van der Waals surface area contributed by atoms with Gasteiger partial charge in [-0.15, -0.1) is 11.3 Å². The summed E-state index contributed by atoms with van der Waals surface area (Å²) in [4.78, 5) is 8.18. The van der Waals surface area contributed by atoms with Gasteiger partial charge in [-0.3, -0.25) is 0 Å². The zero-order chi connectivity index (χ0) is 11.5. The van der Waals surface area contributed by atoms with Crippen LogP contribution < -0.4 is 10.2 Å². The number of hydrogen-bond donors (Lipinski definition) is 1. The SMILES string of the molecule is CNC(C)c1cnc(N(C)C2CCSC2)s1. The number of thiazole rings is 1. The molecule has 1 aliphatic heterocycles. The Morgan fingerprint density at radius 3 is 3.06 bits per heavy atom. The molecule has 0 bridgehead atoms. The van der Waals surface area contributed by atoms with Crippen molar-refractivity contribution in [2.24, 2.45) is 0 Å².